The minimum absolute atomic E-state index is 0.0582. The summed E-state index contributed by atoms with van der Waals surface area (Å²) in [4.78, 5) is 35.6. The van der Waals surface area contributed by atoms with Gasteiger partial charge in [-0.15, -0.1) is 0 Å². The molecule has 0 saturated carbocycles. The van der Waals surface area contributed by atoms with Crippen LogP contribution in [0.15, 0.2) is 11.6 Å². The number of aliphatic hydroxyl groups excluding tert-OH is 1. The van der Waals surface area contributed by atoms with Crippen molar-refractivity contribution in [3.63, 3.8) is 0 Å². The van der Waals surface area contributed by atoms with E-state index in [2.05, 4.69) is 0 Å². The summed E-state index contributed by atoms with van der Waals surface area (Å²) in [5.41, 5.74) is 0.214. The van der Waals surface area contributed by atoms with Gasteiger partial charge in [0.25, 0.3) is 0 Å². The third-order valence-electron chi connectivity index (χ3n) is 5.83. The molecule has 0 aliphatic heterocycles. The molecule has 0 fully saturated rings. The Morgan fingerprint density at radius 3 is 2.03 bits per heavy atom. The van der Waals surface area contributed by atoms with Crippen LogP contribution in [0.4, 0.5) is 0 Å². The van der Waals surface area contributed by atoms with Crippen molar-refractivity contribution in [1.29, 1.82) is 0 Å². The molecule has 0 aromatic rings. The fraction of sp³-hybridized carbons (Fsp3) is 0.792. The lowest BCUT2D eigenvalue weighted by Gasteiger charge is -2.35. The molecule has 0 aromatic heterocycles. The van der Waals surface area contributed by atoms with Crippen LogP contribution in [-0.4, -0.2) is 55.4 Å². The molecule has 0 radical (unpaired) electrons. The van der Waals surface area contributed by atoms with Crippen molar-refractivity contribution in [3.05, 3.63) is 11.6 Å². The molecule has 0 aromatic carbocycles. The number of ketones is 2. The average Bonchev–Trinajstić information content (AvgIpc) is 2.69. The van der Waals surface area contributed by atoms with E-state index < -0.39 is 35.8 Å². The van der Waals surface area contributed by atoms with Gasteiger partial charge in [-0.3, -0.25) is 14.4 Å². The Morgan fingerprint density at radius 2 is 1.58 bits per heavy atom. The van der Waals surface area contributed by atoms with E-state index in [-0.39, 0.29) is 17.5 Å². The molecule has 7 heteroatoms. The van der Waals surface area contributed by atoms with Gasteiger partial charge in [-0.25, -0.2) is 0 Å². The van der Waals surface area contributed by atoms with E-state index in [4.69, 9.17) is 14.2 Å². The first-order chi connectivity index (χ1) is 14.3. The predicted octanol–water partition coefficient (Wildman–Crippen LogP) is 3.86. The van der Waals surface area contributed by atoms with Crippen LogP contribution in [0.3, 0.4) is 0 Å². The first kappa shape index (κ1) is 29.4. The van der Waals surface area contributed by atoms with Gasteiger partial charge in [0.15, 0.2) is 18.2 Å². The van der Waals surface area contributed by atoms with E-state index in [0.717, 1.165) is 24.8 Å². The Labute approximate surface area is 187 Å². The van der Waals surface area contributed by atoms with Crippen LogP contribution < -0.4 is 0 Å². The molecule has 0 heterocycles. The van der Waals surface area contributed by atoms with Crippen molar-refractivity contribution in [2.45, 2.75) is 92.6 Å². The number of hydrogen-bond acceptors (Lipinski definition) is 7. The molecule has 7 nitrogen and oxygen atoms in total. The number of esters is 1. The molecule has 0 saturated heterocycles. The molecule has 0 rings (SSSR count). The summed E-state index contributed by atoms with van der Waals surface area (Å²) in [5.74, 6) is -1.35. The Bertz CT molecular complexity index is 619. The summed E-state index contributed by atoms with van der Waals surface area (Å²) in [6.45, 7) is 11.9. The fourth-order valence-electron chi connectivity index (χ4n) is 3.82. The lowest BCUT2D eigenvalue weighted by Crippen LogP contribution is -2.46. The van der Waals surface area contributed by atoms with Gasteiger partial charge >= 0.3 is 5.97 Å². The number of aliphatic hydroxyl groups is 1. The fourth-order valence-corrected chi connectivity index (χ4v) is 3.82. The smallest absolute Gasteiger partial charge is 0.303 e. The number of allylic oxidation sites excluding steroid dienone is 1. The van der Waals surface area contributed by atoms with Crippen molar-refractivity contribution < 1.29 is 33.7 Å². The second-order valence-electron chi connectivity index (χ2n) is 9.03. The standard InChI is InChI=1S/C24H42O7/c1-15(13-14-20(18(4)25)31-19(5)26)11-10-12-16(2)21(27)17(3)22(28)24(6,7)23(29-8)30-9/h13,16-17,20-21,23,27H,10-12,14H2,1-9H3/b15-13+. The summed E-state index contributed by atoms with van der Waals surface area (Å²) in [7, 11) is 2.99. The molecule has 0 aliphatic rings. The molecular weight excluding hydrogens is 400 g/mol. The van der Waals surface area contributed by atoms with Gasteiger partial charge in [0.05, 0.1) is 11.5 Å². The quantitative estimate of drug-likeness (QED) is 0.233. The number of ether oxygens (including phenoxy) is 3. The van der Waals surface area contributed by atoms with E-state index in [1.807, 2.05) is 19.9 Å². The van der Waals surface area contributed by atoms with Gasteiger partial charge in [-0.1, -0.05) is 25.5 Å². The van der Waals surface area contributed by atoms with Crippen LogP contribution in [0.1, 0.15) is 74.1 Å². The zero-order valence-corrected chi connectivity index (χ0v) is 20.7. The highest BCUT2D eigenvalue weighted by Crippen LogP contribution is 2.31. The Balaban J connectivity index is 4.74. The van der Waals surface area contributed by atoms with Crippen LogP contribution in [-0.2, 0) is 28.6 Å². The van der Waals surface area contributed by atoms with Gasteiger partial charge < -0.3 is 19.3 Å². The van der Waals surface area contributed by atoms with Crippen LogP contribution in [0.5, 0.6) is 0 Å². The Kier molecular flexibility index (Phi) is 13.1. The Hall–Kier alpha value is -1.57. The summed E-state index contributed by atoms with van der Waals surface area (Å²) >= 11 is 0. The normalized spacial score (nSPS) is 16.5. The van der Waals surface area contributed by atoms with Crippen LogP contribution in [0, 0.1) is 17.3 Å². The van der Waals surface area contributed by atoms with E-state index in [0.29, 0.717) is 6.42 Å². The number of carbonyl (C=O) groups is 3. The molecule has 0 bridgehead atoms. The maximum Gasteiger partial charge on any atom is 0.303 e. The minimum atomic E-state index is -0.877. The van der Waals surface area contributed by atoms with E-state index in [1.54, 1.807) is 20.8 Å². The third-order valence-corrected chi connectivity index (χ3v) is 5.83. The number of rotatable bonds is 15. The van der Waals surface area contributed by atoms with Gasteiger partial charge in [0, 0.05) is 33.5 Å². The molecule has 0 spiro atoms. The van der Waals surface area contributed by atoms with Gasteiger partial charge in [0.1, 0.15) is 5.78 Å². The van der Waals surface area contributed by atoms with Gasteiger partial charge in [-0.05, 0) is 52.9 Å². The molecule has 180 valence electrons. The highest BCUT2D eigenvalue weighted by molar-refractivity contribution is 5.87. The van der Waals surface area contributed by atoms with Crippen LogP contribution >= 0.6 is 0 Å². The van der Waals surface area contributed by atoms with Crippen LogP contribution in [0.2, 0.25) is 0 Å². The monoisotopic (exact) mass is 442 g/mol. The Morgan fingerprint density at radius 1 is 1.03 bits per heavy atom. The van der Waals surface area contributed by atoms with Crippen molar-refractivity contribution in [3.8, 4) is 0 Å². The maximum atomic E-state index is 12.9. The molecule has 4 unspecified atom stereocenters. The van der Waals surface area contributed by atoms with E-state index in [1.165, 1.54) is 28.1 Å². The first-order valence-corrected chi connectivity index (χ1v) is 10.9. The second kappa shape index (κ2) is 13.8. The molecule has 1 N–H and O–H groups in total. The predicted molar refractivity (Wildman–Crippen MR) is 119 cm³/mol. The first-order valence-electron chi connectivity index (χ1n) is 10.9. The van der Waals surface area contributed by atoms with Gasteiger partial charge in [-0.2, -0.15) is 0 Å². The zero-order chi connectivity index (χ0) is 24.4. The van der Waals surface area contributed by atoms with Crippen molar-refractivity contribution in [2.75, 3.05) is 14.2 Å². The number of Topliss-reactive ketones (excluding diaryl/α,β-unsaturated/α-hetero) is 2. The third kappa shape index (κ3) is 9.62. The molecule has 31 heavy (non-hydrogen) atoms. The minimum Gasteiger partial charge on any atom is -0.454 e. The van der Waals surface area contributed by atoms with Crippen molar-refractivity contribution >= 4 is 17.5 Å². The maximum absolute atomic E-state index is 12.9. The topological polar surface area (TPSA) is 99.1 Å². The lowest BCUT2D eigenvalue weighted by atomic mass is 9.76. The number of carbonyl (C=O) groups excluding carboxylic acids is 3. The summed E-state index contributed by atoms with van der Waals surface area (Å²) in [6.07, 6.45) is 2.47. The largest absolute Gasteiger partial charge is 0.454 e. The summed E-state index contributed by atoms with van der Waals surface area (Å²) in [5, 5.41) is 10.7. The van der Waals surface area contributed by atoms with Crippen molar-refractivity contribution in [2.24, 2.45) is 17.3 Å². The van der Waals surface area contributed by atoms with Crippen molar-refractivity contribution in [1.82, 2.24) is 0 Å². The molecule has 0 aliphatic carbocycles. The SMILES string of the molecule is COC(OC)C(C)(C)C(=O)C(C)C(O)C(C)CCC/C(C)=C/CC(OC(C)=O)C(C)=O. The highest BCUT2D eigenvalue weighted by atomic mass is 16.7. The number of methoxy groups -OCH3 is 2. The molecular formula is C24H42O7. The zero-order valence-electron chi connectivity index (χ0n) is 20.7. The second-order valence-corrected chi connectivity index (χ2v) is 9.03. The molecule has 0 amide bonds. The van der Waals surface area contributed by atoms with Gasteiger partial charge in [0.2, 0.25) is 0 Å². The lowest BCUT2D eigenvalue weighted by molar-refractivity contribution is -0.182. The average molecular weight is 443 g/mol. The number of hydrogen-bond donors (Lipinski definition) is 1. The highest BCUT2D eigenvalue weighted by Gasteiger charge is 2.42. The van der Waals surface area contributed by atoms with E-state index >= 15 is 0 Å². The summed E-state index contributed by atoms with van der Waals surface area (Å²) in [6, 6.07) is 0. The molecule has 4 atom stereocenters. The summed E-state index contributed by atoms with van der Waals surface area (Å²) < 4.78 is 15.6. The van der Waals surface area contributed by atoms with Crippen LogP contribution in [0.25, 0.3) is 0 Å². The van der Waals surface area contributed by atoms with E-state index in [9.17, 15) is 19.5 Å².